The molecule has 30 heavy (non-hydrogen) atoms. The second kappa shape index (κ2) is 19.3. The molecule has 0 aromatic carbocycles. The van der Waals surface area contributed by atoms with E-state index in [4.69, 9.17) is 16.6 Å². The van der Waals surface area contributed by atoms with E-state index in [0.29, 0.717) is 0 Å². The van der Waals surface area contributed by atoms with Gasteiger partial charge in [0.05, 0.1) is 19.7 Å². The normalized spacial score (nSPS) is 19.1. The first kappa shape index (κ1) is 27.7. The second-order valence-corrected chi connectivity index (χ2v) is 9.49. The summed E-state index contributed by atoms with van der Waals surface area (Å²) in [6, 6.07) is 0. The third-order valence-electron chi connectivity index (χ3n) is 6.53. The van der Waals surface area contributed by atoms with E-state index >= 15 is 0 Å². The van der Waals surface area contributed by atoms with E-state index < -0.39 is 0 Å². The Balaban J connectivity index is 2.06. The molecule has 1 N–H and O–H groups in total. The highest BCUT2D eigenvalue weighted by Crippen LogP contribution is 2.19. The third kappa shape index (κ3) is 12.5. The quantitative estimate of drug-likeness (QED) is 0.113. The zero-order valence-electron chi connectivity index (χ0n) is 19.9. The molecule has 0 amide bonds. The summed E-state index contributed by atoms with van der Waals surface area (Å²) in [7, 11) is 0. The number of hydrogen-bond donors (Lipinski definition) is 1. The molecule has 0 bridgehead atoms. The molecule has 1 atom stereocenters. The lowest BCUT2D eigenvalue weighted by Crippen LogP contribution is -2.52. The van der Waals surface area contributed by atoms with Gasteiger partial charge in [0.2, 0.25) is 5.84 Å². The maximum absolute atomic E-state index is 9.55. The van der Waals surface area contributed by atoms with E-state index in [-0.39, 0.29) is 6.61 Å². The predicted molar refractivity (Wildman–Crippen MR) is 134 cm³/mol. The Morgan fingerprint density at radius 1 is 0.833 bits per heavy atom. The van der Waals surface area contributed by atoms with Crippen molar-refractivity contribution in [2.45, 2.75) is 110 Å². The monoisotopic (exact) mass is 441 g/mol. The van der Waals surface area contributed by atoms with Gasteiger partial charge in [-0.25, -0.2) is 4.99 Å². The van der Waals surface area contributed by atoms with Gasteiger partial charge in [-0.2, -0.15) is 0 Å². The molecule has 1 aliphatic rings. The van der Waals surface area contributed by atoms with E-state index in [9.17, 15) is 5.11 Å². The van der Waals surface area contributed by atoms with Crippen molar-refractivity contribution in [3.8, 4) is 0 Å². The lowest BCUT2D eigenvalue weighted by Gasteiger charge is -2.33. The number of alkyl halides is 1. The van der Waals surface area contributed by atoms with Crippen LogP contribution in [0.2, 0.25) is 0 Å². The molecule has 4 heteroatoms. The standard InChI is InChI=1S/C26H50ClN2O/c1-2-3-4-5-6-7-8-9-10-11-12-13-14-15-16-19-26-28-21-23-29(26,24-25-30)22-18-17-20-27/h16,19,30H,2-15,17-18,20-25H2,1H3/q+1. The van der Waals surface area contributed by atoms with Crippen molar-refractivity contribution < 1.29 is 9.59 Å². The molecule has 1 aliphatic heterocycles. The number of allylic oxidation sites excluding steroid dienone is 1. The van der Waals surface area contributed by atoms with E-state index in [2.05, 4.69) is 19.1 Å². The van der Waals surface area contributed by atoms with E-state index in [0.717, 1.165) is 55.8 Å². The van der Waals surface area contributed by atoms with Gasteiger partial charge in [0.1, 0.15) is 13.1 Å². The van der Waals surface area contributed by atoms with Gasteiger partial charge in [-0.05, 0) is 25.7 Å². The van der Waals surface area contributed by atoms with Crippen LogP contribution >= 0.6 is 11.6 Å². The van der Waals surface area contributed by atoms with Crippen LogP contribution in [0.1, 0.15) is 110 Å². The lowest BCUT2D eigenvalue weighted by molar-refractivity contribution is -0.834. The van der Waals surface area contributed by atoms with Crippen LogP contribution in [0.5, 0.6) is 0 Å². The summed E-state index contributed by atoms with van der Waals surface area (Å²) < 4.78 is 0.850. The number of aliphatic hydroxyl groups excluding tert-OH is 1. The van der Waals surface area contributed by atoms with Gasteiger partial charge in [0, 0.05) is 12.0 Å². The number of hydrogen-bond acceptors (Lipinski definition) is 2. The Hall–Kier alpha value is -0.380. The van der Waals surface area contributed by atoms with Gasteiger partial charge < -0.3 is 5.11 Å². The smallest absolute Gasteiger partial charge is 0.222 e. The van der Waals surface area contributed by atoms with Crippen molar-refractivity contribution in [3.05, 3.63) is 12.2 Å². The maximum Gasteiger partial charge on any atom is 0.222 e. The summed E-state index contributed by atoms with van der Waals surface area (Å²) in [6.07, 6.45) is 26.1. The van der Waals surface area contributed by atoms with Gasteiger partial charge in [-0.3, -0.25) is 4.48 Å². The van der Waals surface area contributed by atoms with Gasteiger partial charge in [0.25, 0.3) is 0 Å². The van der Waals surface area contributed by atoms with Gasteiger partial charge in [0.15, 0.2) is 0 Å². The van der Waals surface area contributed by atoms with Gasteiger partial charge in [-0.1, -0.05) is 90.0 Å². The van der Waals surface area contributed by atoms with Crippen LogP contribution in [0.15, 0.2) is 17.1 Å². The molecule has 176 valence electrons. The molecule has 0 saturated carbocycles. The summed E-state index contributed by atoms with van der Waals surface area (Å²) in [5.41, 5.74) is 0. The molecule has 0 fully saturated rings. The molecule has 0 aromatic heterocycles. The molecule has 0 radical (unpaired) electrons. The number of rotatable bonds is 21. The highest BCUT2D eigenvalue weighted by molar-refractivity contribution is 6.17. The van der Waals surface area contributed by atoms with Crippen LogP contribution in [0.3, 0.4) is 0 Å². The molecule has 0 saturated heterocycles. The van der Waals surface area contributed by atoms with Crippen molar-refractivity contribution in [2.75, 3.05) is 38.7 Å². The minimum Gasteiger partial charge on any atom is -0.390 e. The van der Waals surface area contributed by atoms with Crippen LogP contribution in [0.4, 0.5) is 0 Å². The van der Waals surface area contributed by atoms with Crippen molar-refractivity contribution in [1.29, 1.82) is 0 Å². The maximum atomic E-state index is 9.55. The van der Waals surface area contributed by atoms with Crippen molar-refractivity contribution >= 4 is 17.4 Å². The molecular formula is C26H50ClN2O+. The molecule has 0 spiro atoms. The fraction of sp³-hybridized carbons (Fsp3) is 0.885. The highest BCUT2D eigenvalue weighted by Gasteiger charge is 2.35. The van der Waals surface area contributed by atoms with Crippen molar-refractivity contribution in [3.63, 3.8) is 0 Å². The minimum atomic E-state index is 0.229. The van der Waals surface area contributed by atoms with Crippen LogP contribution in [-0.4, -0.2) is 54.1 Å². The average molecular weight is 442 g/mol. The van der Waals surface area contributed by atoms with Crippen LogP contribution < -0.4 is 0 Å². The Morgan fingerprint density at radius 3 is 2.00 bits per heavy atom. The minimum absolute atomic E-state index is 0.229. The number of quaternary nitrogens is 1. The Morgan fingerprint density at radius 2 is 1.43 bits per heavy atom. The van der Waals surface area contributed by atoms with Crippen LogP contribution in [0.25, 0.3) is 0 Å². The molecule has 0 aromatic rings. The number of unbranched alkanes of at least 4 members (excludes halogenated alkanes) is 14. The Kier molecular flexibility index (Phi) is 17.8. The fourth-order valence-electron chi connectivity index (χ4n) is 4.56. The zero-order chi connectivity index (χ0) is 21.8. The molecular weight excluding hydrogens is 392 g/mol. The van der Waals surface area contributed by atoms with Gasteiger partial charge in [-0.15, -0.1) is 11.6 Å². The Bertz CT molecular complexity index is 452. The SMILES string of the molecule is CCCCCCCCCCCCCCCC=CC1=NCC[N+]1(CCO)CCCCCl. The summed E-state index contributed by atoms with van der Waals surface area (Å²) in [5.74, 6) is 1.90. The highest BCUT2D eigenvalue weighted by atomic mass is 35.5. The van der Waals surface area contributed by atoms with E-state index in [1.807, 2.05) is 0 Å². The molecule has 1 heterocycles. The first-order valence-corrected chi connectivity index (χ1v) is 13.6. The first-order valence-electron chi connectivity index (χ1n) is 13.0. The number of nitrogens with zero attached hydrogens (tertiary/aromatic N) is 2. The number of amidine groups is 1. The fourth-order valence-corrected chi connectivity index (χ4v) is 4.75. The lowest BCUT2D eigenvalue weighted by atomic mass is 10.0. The average Bonchev–Trinajstić information content (AvgIpc) is 3.13. The number of aliphatic imine (C=N–C) groups is 1. The summed E-state index contributed by atoms with van der Waals surface area (Å²) in [6.45, 7) is 6.27. The first-order chi connectivity index (χ1) is 14.8. The summed E-state index contributed by atoms with van der Waals surface area (Å²) >= 11 is 5.85. The predicted octanol–water partition coefficient (Wildman–Crippen LogP) is 7.26. The van der Waals surface area contributed by atoms with Crippen molar-refractivity contribution in [1.82, 2.24) is 0 Å². The number of halogens is 1. The van der Waals surface area contributed by atoms with E-state index in [1.165, 1.54) is 89.3 Å². The zero-order valence-corrected chi connectivity index (χ0v) is 20.7. The summed E-state index contributed by atoms with van der Waals surface area (Å²) in [4.78, 5) is 4.75. The molecule has 3 nitrogen and oxygen atoms in total. The summed E-state index contributed by atoms with van der Waals surface area (Å²) in [5, 5.41) is 9.55. The molecule has 1 rings (SSSR count). The second-order valence-electron chi connectivity index (χ2n) is 9.11. The molecule has 1 unspecified atom stereocenters. The van der Waals surface area contributed by atoms with Crippen LogP contribution in [0, 0.1) is 0 Å². The third-order valence-corrected chi connectivity index (χ3v) is 6.79. The van der Waals surface area contributed by atoms with Gasteiger partial charge >= 0.3 is 0 Å². The van der Waals surface area contributed by atoms with Crippen molar-refractivity contribution in [2.24, 2.45) is 4.99 Å². The largest absolute Gasteiger partial charge is 0.390 e. The van der Waals surface area contributed by atoms with E-state index in [1.54, 1.807) is 0 Å². The molecule has 0 aliphatic carbocycles. The Labute approximate surface area is 192 Å². The van der Waals surface area contributed by atoms with Crippen LogP contribution in [-0.2, 0) is 0 Å². The topological polar surface area (TPSA) is 32.6 Å². The number of aliphatic hydroxyl groups is 1.